The Kier molecular flexibility index (Phi) is 7.54. The summed E-state index contributed by atoms with van der Waals surface area (Å²) in [5, 5.41) is 5.45. The molecule has 1 amide bonds. The van der Waals surface area contributed by atoms with Gasteiger partial charge in [-0.1, -0.05) is 19.1 Å². The maximum atomic E-state index is 13.4. The van der Waals surface area contributed by atoms with Gasteiger partial charge in [-0.05, 0) is 54.3 Å². The lowest BCUT2D eigenvalue weighted by Crippen LogP contribution is -2.31. The molecule has 2 aromatic carbocycles. The molecule has 1 unspecified atom stereocenters. The summed E-state index contributed by atoms with van der Waals surface area (Å²) in [6, 6.07) is 10.1. The lowest BCUT2D eigenvalue weighted by atomic mass is 10.0. The molecule has 3 rings (SSSR count). The number of nitrogens with zero attached hydrogens (tertiary/aromatic N) is 1. The van der Waals surface area contributed by atoms with Gasteiger partial charge in [0.2, 0.25) is 5.91 Å². The molecule has 1 aromatic heterocycles. The molecule has 169 valence electrons. The second-order valence-corrected chi connectivity index (χ2v) is 9.00. The lowest BCUT2D eigenvalue weighted by Gasteiger charge is -2.17. The Bertz CT molecular complexity index is 1200. The number of carbonyl (C=O) groups is 1. The highest BCUT2D eigenvalue weighted by Crippen LogP contribution is 2.24. The van der Waals surface area contributed by atoms with Crippen LogP contribution in [0.2, 0.25) is 0 Å². The van der Waals surface area contributed by atoms with E-state index in [1.54, 1.807) is 6.07 Å². The van der Waals surface area contributed by atoms with Crippen molar-refractivity contribution in [2.75, 3.05) is 4.72 Å². The smallest absolute Gasteiger partial charge is 0.346 e. The van der Waals surface area contributed by atoms with Crippen molar-refractivity contribution >= 4 is 33.2 Å². The number of anilines is 1. The van der Waals surface area contributed by atoms with Crippen molar-refractivity contribution in [3.8, 4) is 0 Å². The summed E-state index contributed by atoms with van der Waals surface area (Å²) < 4.78 is 59.2. The molecule has 0 aliphatic carbocycles. The van der Waals surface area contributed by atoms with Crippen molar-refractivity contribution < 1.29 is 26.5 Å². The average molecular weight is 481 g/mol. The summed E-state index contributed by atoms with van der Waals surface area (Å²) in [4.78, 5) is 17.1. The Morgan fingerprint density at radius 3 is 2.62 bits per heavy atom. The van der Waals surface area contributed by atoms with Crippen LogP contribution < -0.4 is 10.0 Å². The molecule has 0 saturated carbocycles. The van der Waals surface area contributed by atoms with Gasteiger partial charge in [-0.25, -0.2) is 13.8 Å². The van der Waals surface area contributed by atoms with Crippen LogP contribution in [-0.4, -0.2) is 23.9 Å². The van der Waals surface area contributed by atoms with Gasteiger partial charge in [-0.3, -0.25) is 14.1 Å². The van der Waals surface area contributed by atoms with E-state index in [1.807, 2.05) is 17.0 Å². The van der Waals surface area contributed by atoms with Gasteiger partial charge in [0, 0.05) is 5.38 Å². The predicted molar refractivity (Wildman–Crippen MR) is 117 cm³/mol. The molecular weight excluding hydrogens is 460 g/mol. The fourth-order valence-electron chi connectivity index (χ4n) is 2.94. The maximum Gasteiger partial charge on any atom is 0.357 e. The molecule has 0 aliphatic heterocycles. The Morgan fingerprint density at radius 2 is 2.03 bits per heavy atom. The summed E-state index contributed by atoms with van der Waals surface area (Å²) in [5.74, 6) is -2.39. The fourth-order valence-corrected chi connectivity index (χ4v) is 4.32. The van der Waals surface area contributed by atoms with Crippen LogP contribution in [0.15, 0.2) is 41.8 Å². The Labute approximate surface area is 188 Å². The summed E-state index contributed by atoms with van der Waals surface area (Å²) in [6.45, 7) is 1.96. The van der Waals surface area contributed by atoms with Crippen LogP contribution in [-0.2, 0) is 34.4 Å². The summed E-state index contributed by atoms with van der Waals surface area (Å²) in [6.07, 6.45) is 0.904. The van der Waals surface area contributed by atoms with Crippen LogP contribution in [0, 0.1) is 17.7 Å². The SMILES string of the molecule is CCc1csc(C(Cc2[c]cc(NS(=O)(=O)O)cc2)NC(=O)Cc2ccc(F)c(F)c2)n1. The van der Waals surface area contributed by atoms with Crippen LogP contribution in [0.3, 0.4) is 0 Å². The normalized spacial score (nSPS) is 12.4. The Balaban J connectivity index is 1.76. The third-order valence-corrected chi connectivity index (χ3v) is 5.96. The fraction of sp³-hybridized carbons (Fsp3) is 0.238. The highest BCUT2D eigenvalue weighted by Gasteiger charge is 2.20. The van der Waals surface area contributed by atoms with Crippen molar-refractivity contribution in [2.45, 2.75) is 32.2 Å². The number of rotatable bonds is 9. The third-order valence-electron chi connectivity index (χ3n) is 4.46. The molecule has 7 nitrogen and oxygen atoms in total. The molecule has 0 fully saturated rings. The number of nitrogens with one attached hydrogen (secondary N) is 2. The molecule has 1 atom stereocenters. The maximum absolute atomic E-state index is 13.4. The summed E-state index contributed by atoms with van der Waals surface area (Å²) in [5.41, 5.74) is 2.01. The first-order valence-corrected chi connectivity index (χ1v) is 11.9. The van der Waals surface area contributed by atoms with E-state index in [1.165, 1.54) is 29.5 Å². The van der Waals surface area contributed by atoms with Gasteiger partial charge < -0.3 is 5.32 Å². The monoisotopic (exact) mass is 480 g/mol. The molecule has 11 heteroatoms. The summed E-state index contributed by atoms with van der Waals surface area (Å²) in [7, 11) is -4.39. The van der Waals surface area contributed by atoms with Crippen molar-refractivity contribution in [3.05, 3.63) is 81.3 Å². The molecule has 0 saturated heterocycles. The van der Waals surface area contributed by atoms with Crippen molar-refractivity contribution in [3.63, 3.8) is 0 Å². The molecule has 0 aliphatic rings. The zero-order valence-corrected chi connectivity index (χ0v) is 18.6. The van der Waals surface area contributed by atoms with Crippen LogP contribution in [0.5, 0.6) is 0 Å². The number of thiazole rings is 1. The average Bonchev–Trinajstić information content (AvgIpc) is 3.20. The van der Waals surface area contributed by atoms with Crippen LogP contribution in [0.1, 0.15) is 34.8 Å². The highest BCUT2D eigenvalue weighted by molar-refractivity contribution is 7.87. The van der Waals surface area contributed by atoms with E-state index in [0.717, 1.165) is 24.2 Å². The van der Waals surface area contributed by atoms with E-state index >= 15 is 0 Å². The van der Waals surface area contributed by atoms with Gasteiger partial charge in [-0.15, -0.1) is 11.3 Å². The van der Waals surface area contributed by atoms with E-state index in [4.69, 9.17) is 4.55 Å². The second-order valence-electron chi connectivity index (χ2n) is 6.96. The number of halogens is 2. The first kappa shape index (κ1) is 23.8. The number of carbonyl (C=O) groups excluding carboxylic acids is 1. The number of benzene rings is 2. The minimum Gasteiger partial charge on any atom is -0.346 e. The van der Waals surface area contributed by atoms with Crippen molar-refractivity contribution in [2.24, 2.45) is 0 Å². The van der Waals surface area contributed by atoms with E-state index in [0.29, 0.717) is 22.6 Å². The predicted octanol–water partition coefficient (Wildman–Crippen LogP) is 3.64. The van der Waals surface area contributed by atoms with E-state index in [-0.39, 0.29) is 18.0 Å². The first-order chi connectivity index (χ1) is 15.1. The minimum atomic E-state index is -4.39. The molecule has 1 radical (unpaired) electrons. The third kappa shape index (κ3) is 6.81. The van der Waals surface area contributed by atoms with Gasteiger partial charge in [0.15, 0.2) is 11.6 Å². The largest absolute Gasteiger partial charge is 0.357 e. The number of hydrogen-bond acceptors (Lipinski definition) is 5. The van der Waals surface area contributed by atoms with Crippen LogP contribution >= 0.6 is 11.3 Å². The first-order valence-electron chi connectivity index (χ1n) is 9.56. The van der Waals surface area contributed by atoms with Gasteiger partial charge >= 0.3 is 10.3 Å². The minimum absolute atomic E-state index is 0.137. The lowest BCUT2D eigenvalue weighted by molar-refractivity contribution is -0.121. The van der Waals surface area contributed by atoms with E-state index < -0.39 is 28.0 Å². The molecule has 3 N–H and O–H groups in total. The summed E-state index contributed by atoms with van der Waals surface area (Å²) >= 11 is 1.39. The van der Waals surface area contributed by atoms with Gasteiger partial charge in [0.05, 0.1) is 23.8 Å². The van der Waals surface area contributed by atoms with E-state index in [9.17, 15) is 22.0 Å². The van der Waals surface area contributed by atoms with E-state index in [2.05, 4.69) is 16.4 Å². The molecular formula is C21H20F2N3O4S2. The highest BCUT2D eigenvalue weighted by atomic mass is 32.2. The molecule has 0 bridgehead atoms. The number of amides is 1. The Hall–Kier alpha value is -2.89. The van der Waals surface area contributed by atoms with Gasteiger partial charge in [0.25, 0.3) is 0 Å². The standard InChI is InChI=1S/C21H20F2N3O4S2/c1-2-15-12-31-21(24-15)19(10-13-3-6-16(7-4-13)26-32(28,29)30)25-20(27)11-14-5-8-17(22)18(23)9-14/h3,5-9,12,19,26H,2,10-11H2,1H3,(H,25,27)(H,28,29,30). The number of aryl methyl sites for hydroxylation is 1. The van der Waals surface area contributed by atoms with Crippen molar-refractivity contribution in [1.82, 2.24) is 10.3 Å². The molecule has 3 aromatic rings. The molecule has 0 spiro atoms. The van der Waals surface area contributed by atoms with Crippen molar-refractivity contribution in [1.29, 1.82) is 0 Å². The zero-order valence-electron chi connectivity index (χ0n) is 16.9. The quantitative estimate of drug-likeness (QED) is 0.405. The number of aromatic nitrogens is 1. The van der Waals surface area contributed by atoms with Crippen LogP contribution in [0.4, 0.5) is 14.5 Å². The Morgan fingerprint density at radius 1 is 1.25 bits per heavy atom. The van der Waals surface area contributed by atoms with Gasteiger partial charge in [-0.2, -0.15) is 8.42 Å². The van der Waals surface area contributed by atoms with Gasteiger partial charge in [0.1, 0.15) is 5.01 Å². The molecule has 1 heterocycles. The van der Waals surface area contributed by atoms with Crippen LogP contribution in [0.25, 0.3) is 0 Å². The topological polar surface area (TPSA) is 108 Å². The second kappa shape index (κ2) is 10.2. The number of hydrogen-bond donors (Lipinski definition) is 3. The zero-order chi connectivity index (χ0) is 23.3. The molecule has 32 heavy (non-hydrogen) atoms.